The monoisotopic (exact) mass is 228 g/mol. The van der Waals surface area contributed by atoms with Crippen molar-refractivity contribution >= 4 is 9.84 Å². The van der Waals surface area contributed by atoms with Gasteiger partial charge in [0.15, 0.2) is 0 Å². The number of halogens is 3. The SMILES string of the molecule is CCc1cnc(S(=O)(=O)C(F)(F)F)[nH]1. The Labute approximate surface area is 78.1 Å². The number of hydrogen-bond acceptors (Lipinski definition) is 3. The smallest absolute Gasteiger partial charge is 0.332 e. The number of H-pyrrole nitrogens is 1. The van der Waals surface area contributed by atoms with Crippen LogP contribution in [-0.2, 0) is 16.3 Å². The molecule has 0 aliphatic carbocycles. The van der Waals surface area contributed by atoms with Crippen LogP contribution in [0.2, 0.25) is 0 Å². The second-order valence-corrected chi connectivity index (χ2v) is 4.37. The summed E-state index contributed by atoms with van der Waals surface area (Å²) in [7, 11) is -5.33. The molecule has 1 heterocycles. The third kappa shape index (κ3) is 1.74. The largest absolute Gasteiger partial charge is 0.504 e. The van der Waals surface area contributed by atoms with Gasteiger partial charge < -0.3 is 4.98 Å². The van der Waals surface area contributed by atoms with E-state index in [1.807, 2.05) is 0 Å². The number of rotatable bonds is 2. The average molecular weight is 228 g/mol. The average Bonchev–Trinajstić information content (AvgIpc) is 2.49. The summed E-state index contributed by atoms with van der Waals surface area (Å²) in [6, 6.07) is 0. The van der Waals surface area contributed by atoms with Crippen LogP contribution in [0.3, 0.4) is 0 Å². The first-order valence-electron chi connectivity index (χ1n) is 3.64. The summed E-state index contributed by atoms with van der Waals surface area (Å²) < 4.78 is 57.5. The van der Waals surface area contributed by atoms with Crippen LogP contribution in [0.5, 0.6) is 0 Å². The Balaban J connectivity index is 3.18. The van der Waals surface area contributed by atoms with Gasteiger partial charge >= 0.3 is 15.3 Å². The number of alkyl halides is 3. The van der Waals surface area contributed by atoms with Gasteiger partial charge in [-0.3, -0.25) is 0 Å². The number of sulfone groups is 1. The van der Waals surface area contributed by atoms with Crippen LogP contribution in [-0.4, -0.2) is 23.9 Å². The molecule has 0 radical (unpaired) electrons. The van der Waals surface area contributed by atoms with Crippen molar-refractivity contribution in [2.45, 2.75) is 24.0 Å². The molecular formula is C6H7F3N2O2S. The van der Waals surface area contributed by atoms with Crippen molar-refractivity contribution in [1.82, 2.24) is 9.97 Å². The summed E-state index contributed by atoms with van der Waals surface area (Å²) >= 11 is 0. The Bertz CT molecular complexity index is 421. The molecule has 0 atom stereocenters. The molecule has 80 valence electrons. The van der Waals surface area contributed by atoms with Crippen LogP contribution < -0.4 is 0 Å². The van der Waals surface area contributed by atoms with Gasteiger partial charge in [0.2, 0.25) is 5.16 Å². The zero-order chi connectivity index (χ0) is 11.0. The molecule has 0 aromatic carbocycles. The number of aromatic amines is 1. The Hall–Kier alpha value is -1.05. The molecular weight excluding hydrogens is 221 g/mol. The normalized spacial score (nSPS) is 13.1. The summed E-state index contributed by atoms with van der Waals surface area (Å²) in [5.41, 5.74) is -4.97. The van der Waals surface area contributed by atoms with Crippen molar-refractivity contribution in [2.24, 2.45) is 0 Å². The molecule has 1 rings (SSSR count). The highest BCUT2D eigenvalue weighted by Gasteiger charge is 2.48. The topological polar surface area (TPSA) is 62.8 Å². The molecule has 0 spiro atoms. The number of nitrogens with one attached hydrogen (secondary N) is 1. The standard InChI is InChI=1S/C6H7F3N2O2S/c1-2-4-3-10-5(11-4)14(12,13)6(7,8)9/h3H,2H2,1H3,(H,10,11). The minimum absolute atomic E-state index is 0.341. The predicted molar refractivity (Wildman–Crippen MR) is 41.2 cm³/mol. The first-order valence-corrected chi connectivity index (χ1v) is 5.12. The molecule has 1 aromatic rings. The lowest BCUT2D eigenvalue weighted by atomic mass is 10.4. The molecule has 0 saturated heterocycles. The van der Waals surface area contributed by atoms with E-state index in [2.05, 4.69) is 9.97 Å². The van der Waals surface area contributed by atoms with Crippen molar-refractivity contribution in [3.8, 4) is 0 Å². The highest BCUT2D eigenvalue weighted by atomic mass is 32.2. The zero-order valence-corrected chi connectivity index (χ0v) is 7.91. The molecule has 0 unspecified atom stereocenters. The van der Waals surface area contributed by atoms with E-state index in [1.165, 1.54) is 0 Å². The molecule has 0 aliphatic heterocycles. The van der Waals surface area contributed by atoms with Crippen LogP contribution >= 0.6 is 0 Å². The molecule has 1 N–H and O–H groups in total. The lowest BCUT2D eigenvalue weighted by molar-refractivity contribution is -0.0440. The van der Waals surface area contributed by atoms with E-state index in [0.717, 1.165) is 6.20 Å². The first kappa shape index (κ1) is 11.0. The summed E-state index contributed by atoms with van der Waals surface area (Å²) in [5, 5.41) is -1.05. The van der Waals surface area contributed by atoms with Gasteiger partial charge in [0.25, 0.3) is 0 Å². The first-order chi connectivity index (χ1) is 6.29. The third-order valence-electron chi connectivity index (χ3n) is 1.55. The fourth-order valence-corrected chi connectivity index (χ4v) is 1.44. The maximum absolute atomic E-state index is 12.0. The van der Waals surface area contributed by atoms with E-state index in [-0.39, 0.29) is 0 Å². The van der Waals surface area contributed by atoms with Crippen molar-refractivity contribution < 1.29 is 21.6 Å². The van der Waals surface area contributed by atoms with E-state index in [9.17, 15) is 21.6 Å². The second kappa shape index (κ2) is 3.26. The fourth-order valence-electron chi connectivity index (χ4n) is 0.764. The van der Waals surface area contributed by atoms with Crippen LogP contribution in [0.25, 0.3) is 0 Å². The van der Waals surface area contributed by atoms with Crippen molar-refractivity contribution in [3.63, 3.8) is 0 Å². The molecule has 0 saturated carbocycles. The number of aryl methyl sites for hydroxylation is 1. The van der Waals surface area contributed by atoms with Gasteiger partial charge in [-0.1, -0.05) is 6.92 Å². The highest BCUT2D eigenvalue weighted by molar-refractivity contribution is 7.92. The van der Waals surface area contributed by atoms with Crippen LogP contribution in [0.1, 0.15) is 12.6 Å². The molecule has 0 fully saturated rings. The summed E-state index contributed by atoms with van der Waals surface area (Å²) in [5.74, 6) is 0. The zero-order valence-electron chi connectivity index (χ0n) is 7.09. The van der Waals surface area contributed by atoms with E-state index >= 15 is 0 Å². The molecule has 4 nitrogen and oxygen atoms in total. The quantitative estimate of drug-likeness (QED) is 0.828. The van der Waals surface area contributed by atoms with E-state index in [1.54, 1.807) is 6.92 Å². The summed E-state index contributed by atoms with van der Waals surface area (Å²) in [6.45, 7) is 1.66. The van der Waals surface area contributed by atoms with Crippen LogP contribution in [0.15, 0.2) is 11.4 Å². The van der Waals surface area contributed by atoms with Gasteiger partial charge in [-0.25, -0.2) is 13.4 Å². The second-order valence-electron chi connectivity index (χ2n) is 2.52. The van der Waals surface area contributed by atoms with Crippen molar-refractivity contribution in [2.75, 3.05) is 0 Å². The molecule has 0 amide bonds. The molecule has 0 bridgehead atoms. The molecule has 14 heavy (non-hydrogen) atoms. The van der Waals surface area contributed by atoms with Gasteiger partial charge in [0, 0.05) is 11.9 Å². The van der Waals surface area contributed by atoms with Gasteiger partial charge in [-0.2, -0.15) is 13.2 Å². The number of nitrogens with zero attached hydrogens (tertiary/aromatic N) is 1. The van der Waals surface area contributed by atoms with E-state index in [0.29, 0.717) is 12.1 Å². The van der Waals surface area contributed by atoms with E-state index < -0.39 is 20.5 Å². The van der Waals surface area contributed by atoms with Crippen molar-refractivity contribution in [1.29, 1.82) is 0 Å². The minimum Gasteiger partial charge on any atom is -0.332 e. The van der Waals surface area contributed by atoms with Crippen LogP contribution in [0, 0.1) is 0 Å². The van der Waals surface area contributed by atoms with E-state index in [4.69, 9.17) is 0 Å². The van der Waals surface area contributed by atoms with Gasteiger partial charge in [-0.05, 0) is 6.42 Å². The minimum atomic E-state index is -5.33. The molecule has 1 aromatic heterocycles. The number of imidazole rings is 1. The Morgan fingerprint density at radius 3 is 2.43 bits per heavy atom. The summed E-state index contributed by atoms with van der Waals surface area (Å²) in [4.78, 5) is 5.25. The summed E-state index contributed by atoms with van der Waals surface area (Å²) in [6.07, 6.45) is 1.46. The molecule has 8 heteroatoms. The Morgan fingerprint density at radius 2 is 2.07 bits per heavy atom. The Kier molecular flexibility index (Phi) is 2.57. The van der Waals surface area contributed by atoms with Gasteiger partial charge in [-0.15, -0.1) is 0 Å². The lowest BCUT2D eigenvalue weighted by Gasteiger charge is -2.03. The predicted octanol–water partition coefficient (Wildman–Crippen LogP) is 1.27. The highest BCUT2D eigenvalue weighted by Crippen LogP contribution is 2.28. The number of aromatic nitrogens is 2. The third-order valence-corrected chi connectivity index (χ3v) is 2.87. The maximum atomic E-state index is 12.0. The lowest BCUT2D eigenvalue weighted by Crippen LogP contribution is -2.24. The Morgan fingerprint density at radius 1 is 1.50 bits per heavy atom. The van der Waals surface area contributed by atoms with Crippen molar-refractivity contribution in [3.05, 3.63) is 11.9 Å². The van der Waals surface area contributed by atoms with Gasteiger partial charge in [0.1, 0.15) is 0 Å². The van der Waals surface area contributed by atoms with Crippen LogP contribution in [0.4, 0.5) is 13.2 Å². The van der Waals surface area contributed by atoms with Gasteiger partial charge in [0.05, 0.1) is 0 Å². The fraction of sp³-hybridized carbons (Fsp3) is 0.500. The molecule has 0 aliphatic rings. The maximum Gasteiger partial charge on any atom is 0.504 e. The number of hydrogen-bond donors (Lipinski definition) is 1.